The van der Waals surface area contributed by atoms with Crippen LogP contribution in [0, 0.1) is 5.92 Å². The summed E-state index contributed by atoms with van der Waals surface area (Å²) in [4.78, 5) is 11.2. The summed E-state index contributed by atoms with van der Waals surface area (Å²) in [6, 6.07) is -0.333. The van der Waals surface area contributed by atoms with Crippen LogP contribution in [-0.2, 0) is 9.53 Å². The molecule has 1 heterocycles. The van der Waals surface area contributed by atoms with Gasteiger partial charge in [-0.05, 0) is 6.92 Å². The van der Waals surface area contributed by atoms with Crippen LogP contribution in [0.2, 0.25) is 0 Å². The van der Waals surface area contributed by atoms with Gasteiger partial charge in [-0.15, -0.1) is 0 Å². The largest absolute Gasteiger partial charge is 0.465 e. The molecule has 0 aromatic heterocycles. The molecule has 0 aliphatic carbocycles. The Morgan fingerprint density at radius 1 is 1.75 bits per heavy atom. The maximum absolute atomic E-state index is 11.2. The maximum Gasteiger partial charge on any atom is 0.323 e. The monoisotopic (exact) mass is 173 g/mol. The van der Waals surface area contributed by atoms with E-state index in [1.165, 1.54) is 0 Å². The van der Waals surface area contributed by atoms with Crippen molar-refractivity contribution in [1.29, 1.82) is 0 Å². The fraction of sp³-hybridized carbons (Fsp3) is 0.875. The molecule has 1 aliphatic rings. The molecule has 0 unspecified atom stereocenters. The van der Waals surface area contributed by atoms with Crippen LogP contribution in [0.4, 0.5) is 0 Å². The summed E-state index contributed by atoms with van der Waals surface area (Å²) in [5, 5.41) is 12.2. The number of nitrogens with one attached hydrogen (secondary N) is 1. The van der Waals surface area contributed by atoms with Crippen molar-refractivity contribution in [2.75, 3.05) is 13.2 Å². The zero-order valence-electron chi connectivity index (χ0n) is 7.41. The normalized spacial score (nSPS) is 35.1. The zero-order valence-corrected chi connectivity index (χ0v) is 7.41. The third-order valence-corrected chi connectivity index (χ3v) is 2.22. The van der Waals surface area contributed by atoms with Crippen LogP contribution in [0.5, 0.6) is 0 Å². The molecule has 2 N–H and O–H groups in total. The predicted octanol–water partition coefficient (Wildman–Crippen LogP) is -0.482. The second kappa shape index (κ2) is 3.87. The molecule has 1 aliphatic heterocycles. The molecule has 4 nitrogen and oxygen atoms in total. The number of rotatable bonds is 2. The summed E-state index contributed by atoms with van der Waals surface area (Å²) in [6.45, 7) is 4.48. The highest BCUT2D eigenvalue weighted by atomic mass is 16.5. The van der Waals surface area contributed by atoms with Crippen LogP contribution in [0.15, 0.2) is 0 Å². The Bertz CT molecular complexity index is 172. The highest BCUT2D eigenvalue weighted by Crippen LogP contribution is 2.16. The number of aliphatic hydroxyl groups excluding tert-OH is 1. The van der Waals surface area contributed by atoms with Crippen molar-refractivity contribution in [2.24, 2.45) is 5.92 Å². The molecular weight excluding hydrogens is 158 g/mol. The van der Waals surface area contributed by atoms with Gasteiger partial charge in [0.2, 0.25) is 0 Å². The van der Waals surface area contributed by atoms with Gasteiger partial charge in [-0.2, -0.15) is 0 Å². The Morgan fingerprint density at radius 2 is 2.42 bits per heavy atom. The third-order valence-electron chi connectivity index (χ3n) is 2.22. The molecular formula is C8H15NO3. The molecule has 0 saturated carbocycles. The van der Waals surface area contributed by atoms with E-state index in [-0.39, 0.29) is 17.9 Å². The number of hydrogen-bond donors (Lipinski definition) is 2. The lowest BCUT2D eigenvalue weighted by Crippen LogP contribution is -2.36. The minimum Gasteiger partial charge on any atom is -0.465 e. The van der Waals surface area contributed by atoms with Gasteiger partial charge in [0.05, 0.1) is 12.7 Å². The molecule has 1 rings (SSSR count). The molecule has 0 bridgehead atoms. The van der Waals surface area contributed by atoms with Crippen LogP contribution in [0.1, 0.15) is 13.8 Å². The van der Waals surface area contributed by atoms with Gasteiger partial charge in [-0.1, -0.05) is 6.92 Å². The van der Waals surface area contributed by atoms with Crippen molar-refractivity contribution in [2.45, 2.75) is 26.0 Å². The number of esters is 1. The third kappa shape index (κ3) is 1.76. The van der Waals surface area contributed by atoms with E-state index in [0.29, 0.717) is 13.2 Å². The van der Waals surface area contributed by atoms with Crippen molar-refractivity contribution in [1.82, 2.24) is 5.32 Å². The van der Waals surface area contributed by atoms with Crippen molar-refractivity contribution < 1.29 is 14.6 Å². The summed E-state index contributed by atoms with van der Waals surface area (Å²) in [5.41, 5.74) is 0. The van der Waals surface area contributed by atoms with Crippen molar-refractivity contribution in [3.05, 3.63) is 0 Å². The fourth-order valence-electron chi connectivity index (χ4n) is 1.37. The lowest BCUT2D eigenvalue weighted by Gasteiger charge is -2.14. The summed E-state index contributed by atoms with van der Waals surface area (Å²) < 4.78 is 4.83. The Balaban J connectivity index is 2.47. The molecule has 1 fully saturated rings. The fourth-order valence-corrected chi connectivity index (χ4v) is 1.37. The van der Waals surface area contributed by atoms with Crippen LogP contribution in [0.25, 0.3) is 0 Å². The number of ether oxygens (including phenoxy) is 1. The van der Waals surface area contributed by atoms with Gasteiger partial charge < -0.3 is 15.2 Å². The van der Waals surface area contributed by atoms with Crippen LogP contribution in [-0.4, -0.2) is 36.4 Å². The maximum atomic E-state index is 11.2. The highest BCUT2D eigenvalue weighted by Gasteiger charge is 2.36. The van der Waals surface area contributed by atoms with E-state index in [4.69, 9.17) is 4.74 Å². The minimum absolute atomic E-state index is 0.0518. The Hall–Kier alpha value is -0.610. The van der Waals surface area contributed by atoms with Crippen LogP contribution in [0.3, 0.4) is 0 Å². The Morgan fingerprint density at radius 3 is 2.83 bits per heavy atom. The van der Waals surface area contributed by atoms with E-state index in [0.717, 1.165) is 0 Å². The number of carbonyl (C=O) groups is 1. The average Bonchev–Trinajstić information content (AvgIpc) is 2.34. The van der Waals surface area contributed by atoms with Gasteiger partial charge in [-0.3, -0.25) is 4.79 Å². The first-order chi connectivity index (χ1) is 5.66. The average molecular weight is 173 g/mol. The summed E-state index contributed by atoms with van der Waals surface area (Å²) in [5.74, 6) is -0.314. The first-order valence-corrected chi connectivity index (χ1v) is 4.25. The van der Waals surface area contributed by atoms with Gasteiger partial charge in [0.1, 0.15) is 6.04 Å². The molecule has 0 radical (unpaired) electrons. The lowest BCUT2D eigenvalue weighted by molar-refractivity contribution is -0.146. The van der Waals surface area contributed by atoms with E-state index in [1.54, 1.807) is 6.92 Å². The minimum atomic E-state index is -0.431. The standard InChI is InChI=1S/C8H15NO3/c1-3-12-8(11)7-5(2)6(10)4-9-7/h5-7,9-10H,3-4H2,1-2H3/t5-,6+,7-/m1/s1. The van der Waals surface area contributed by atoms with E-state index in [9.17, 15) is 9.90 Å². The second-order valence-electron chi connectivity index (χ2n) is 3.06. The second-order valence-corrected chi connectivity index (χ2v) is 3.06. The predicted molar refractivity (Wildman–Crippen MR) is 43.6 cm³/mol. The number of β-amino-alcohol motifs (C(OH)–C–C–N with tert-alkyl or cyclic N) is 1. The van der Waals surface area contributed by atoms with E-state index < -0.39 is 6.10 Å². The topological polar surface area (TPSA) is 58.6 Å². The molecule has 4 heteroatoms. The molecule has 0 aromatic rings. The molecule has 3 atom stereocenters. The number of aliphatic hydroxyl groups is 1. The van der Waals surface area contributed by atoms with Gasteiger partial charge in [0.15, 0.2) is 0 Å². The highest BCUT2D eigenvalue weighted by molar-refractivity contribution is 5.76. The zero-order chi connectivity index (χ0) is 9.14. The molecule has 0 amide bonds. The van der Waals surface area contributed by atoms with Gasteiger partial charge >= 0.3 is 5.97 Å². The number of carbonyl (C=O) groups excluding carboxylic acids is 1. The van der Waals surface area contributed by atoms with E-state index in [1.807, 2.05) is 6.92 Å². The Labute approximate surface area is 71.9 Å². The first-order valence-electron chi connectivity index (χ1n) is 4.25. The van der Waals surface area contributed by atoms with Crippen molar-refractivity contribution in [3.63, 3.8) is 0 Å². The van der Waals surface area contributed by atoms with Gasteiger partial charge in [0, 0.05) is 12.5 Å². The summed E-state index contributed by atoms with van der Waals surface area (Å²) in [6.07, 6.45) is -0.431. The summed E-state index contributed by atoms with van der Waals surface area (Å²) >= 11 is 0. The Kier molecular flexibility index (Phi) is 3.05. The lowest BCUT2D eigenvalue weighted by atomic mass is 10.0. The quantitative estimate of drug-likeness (QED) is 0.554. The number of hydrogen-bond acceptors (Lipinski definition) is 4. The van der Waals surface area contributed by atoms with Gasteiger partial charge in [-0.25, -0.2) is 0 Å². The van der Waals surface area contributed by atoms with E-state index in [2.05, 4.69) is 5.32 Å². The van der Waals surface area contributed by atoms with E-state index >= 15 is 0 Å². The first kappa shape index (κ1) is 9.48. The molecule has 0 spiro atoms. The summed E-state index contributed by atoms with van der Waals surface area (Å²) in [7, 11) is 0. The SMILES string of the molecule is CCOC(=O)[C@@H]1NC[C@H](O)[C@H]1C. The molecule has 0 aromatic carbocycles. The smallest absolute Gasteiger partial charge is 0.323 e. The van der Waals surface area contributed by atoms with Crippen molar-refractivity contribution in [3.8, 4) is 0 Å². The van der Waals surface area contributed by atoms with Gasteiger partial charge in [0.25, 0.3) is 0 Å². The van der Waals surface area contributed by atoms with Crippen LogP contribution >= 0.6 is 0 Å². The molecule has 1 saturated heterocycles. The van der Waals surface area contributed by atoms with Crippen molar-refractivity contribution >= 4 is 5.97 Å². The molecule has 12 heavy (non-hydrogen) atoms. The molecule has 70 valence electrons. The van der Waals surface area contributed by atoms with Crippen LogP contribution < -0.4 is 5.32 Å².